The van der Waals surface area contributed by atoms with E-state index in [4.69, 9.17) is 0 Å². The summed E-state index contributed by atoms with van der Waals surface area (Å²) in [5, 5.41) is 97.6. The van der Waals surface area contributed by atoms with Crippen molar-refractivity contribution in [2.24, 2.45) is 0 Å². The van der Waals surface area contributed by atoms with Crippen LogP contribution in [0.15, 0.2) is 146 Å². The smallest absolute Gasteiger partial charge is 0.123 e. The highest BCUT2D eigenvalue weighted by Crippen LogP contribution is 2.54. The molecule has 72 heavy (non-hydrogen) atoms. The Labute approximate surface area is 422 Å². The second kappa shape index (κ2) is 20.9. The lowest BCUT2D eigenvalue weighted by molar-refractivity contribution is 0.431. The first-order valence-electron chi connectivity index (χ1n) is 25.4. The monoisotopic (exact) mass is 960 g/mol. The summed E-state index contributed by atoms with van der Waals surface area (Å²) in [5.74, 6) is -5.63. The Bertz CT molecular complexity index is 2670. The highest BCUT2D eigenvalue weighted by Gasteiger charge is 2.35. The lowest BCUT2D eigenvalue weighted by Crippen LogP contribution is -2.13. The number of aromatic hydroxyl groups is 8. The van der Waals surface area contributed by atoms with Gasteiger partial charge in [-0.25, -0.2) is 0 Å². The van der Waals surface area contributed by atoms with Crippen molar-refractivity contribution in [2.45, 2.75) is 103 Å². The predicted octanol–water partition coefficient (Wildman–Crippen LogP) is 14.2. The van der Waals surface area contributed by atoms with Crippen LogP contribution in [0.4, 0.5) is 0 Å². The standard InChI is InChI=1S/C64H64O8/c1-5-9-37-13-21-41(22-14-37)61-45-29-47(55(67)33-53(45)65)62(42-23-15-38(10-6-2)16-24-42)49-31-51(59(71)35-57(49)69)64(44-27-19-40(12-8-4)20-28-44)52-32-50(58(70)36-60(52)72)63(43-25-17-39(11-7-3)18-26-43)48-30-46(61)54(66)34-56(48)68/h13-36,61-72H,5-12H2,1-4H3. The van der Waals surface area contributed by atoms with E-state index < -0.39 is 23.7 Å². The second-order valence-corrected chi connectivity index (χ2v) is 19.6. The number of hydrogen-bond donors (Lipinski definition) is 8. The molecule has 0 radical (unpaired) electrons. The fourth-order valence-electron chi connectivity index (χ4n) is 11.1. The van der Waals surface area contributed by atoms with E-state index in [-0.39, 0.29) is 46.0 Å². The molecular formula is C64H64O8. The van der Waals surface area contributed by atoms with Crippen LogP contribution in [0.1, 0.15) is 166 Å². The molecule has 9 rings (SSSR count). The molecule has 0 saturated heterocycles. The summed E-state index contributed by atoms with van der Waals surface area (Å²) in [6.07, 6.45) is 7.08. The zero-order valence-corrected chi connectivity index (χ0v) is 41.4. The number of benzene rings is 8. The van der Waals surface area contributed by atoms with Crippen LogP contribution in [0.2, 0.25) is 0 Å². The van der Waals surface area contributed by atoms with E-state index in [9.17, 15) is 40.9 Å². The number of phenols is 8. The molecule has 0 unspecified atom stereocenters. The summed E-state index contributed by atoms with van der Waals surface area (Å²) >= 11 is 0. The van der Waals surface area contributed by atoms with Gasteiger partial charge in [0.05, 0.1) is 0 Å². The van der Waals surface area contributed by atoms with E-state index >= 15 is 0 Å². The zero-order valence-electron chi connectivity index (χ0n) is 41.4. The summed E-state index contributed by atoms with van der Waals surface area (Å²) in [6.45, 7) is 8.44. The third-order valence-corrected chi connectivity index (χ3v) is 14.6. The molecule has 8 nitrogen and oxygen atoms in total. The molecule has 0 aliphatic heterocycles. The average Bonchev–Trinajstić information content (AvgIpc) is 3.36. The first kappa shape index (κ1) is 49.2. The van der Waals surface area contributed by atoms with Gasteiger partial charge in [0.15, 0.2) is 0 Å². The van der Waals surface area contributed by atoms with E-state index in [0.717, 1.165) is 73.6 Å². The fraction of sp³-hybridized carbons (Fsp3) is 0.250. The first-order valence-corrected chi connectivity index (χ1v) is 25.4. The van der Waals surface area contributed by atoms with E-state index in [2.05, 4.69) is 27.7 Å². The molecule has 0 atom stereocenters. The molecule has 0 fully saturated rings. The molecule has 0 spiro atoms. The average molecular weight is 961 g/mol. The van der Waals surface area contributed by atoms with Crippen LogP contribution in [-0.4, -0.2) is 40.9 Å². The molecule has 8 aromatic carbocycles. The van der Waals surface area contributed by atoms with Gasteiger partial charge >= 0.3 is 0 Å². The second-order valence-electron chi connectivity index (χ2n) is 19.6. The van der Waals surface area contributed by atoms with Gasteiger partial charge in [-0.05, 0) is 94.5 Å². The molecule has 8 bridgehead atoms. The molecule has 1 aliphatic rings. The Kier molecular flexibility index (Phi) is 14.2. The van der Waals surface area contributed by atoms with Gasteiger partial charge in [-0.15, -0.1) is 0 Å². The Balaban J connectivity index is 1.44. The van der Waals surface area contributed by atoms with Crippen LogP contribution in [0.3, 0.4) is 0 Å². The number of phenolic OH excluding ortho intramolecular Hbond substituents is 8. The van der Waals surface area contributed by atoms with Gasteiger partial charge in [-0.1, -0.05) is 150 Å². The van der Waals surface area contributed by atoms with Crippen molar-refractivity contribution in [3.8, 4) is 46.0 Å². The highest BCUT2D eigenvalue weighted by atomic mass is 16.3. The molecule has 0 saturated carbocycles. The van der Waals surface area contributed by atoms with Gasteiger partial charge in [0.25, 0.3) is 0 Å². The van der Waals surface area contributed by atoms with Crippen molar-refractivity contribution in [3.63, 3.8) is 0 Å². The lowest BCUT2D eigenvalue weighted by atomic mass is 9.75. The van der Waals surface area contributed by atoms with Crippen molar-refractivity contribution >= 4 is 0 Å². The van der Waals surface area contributed by atoms with Gasteiger partial charge in [-0.2, -0.15) is 0 Å². The van der Waals surface area contributed by atoms with Gasteiger partial charge in [0, 0.05) is 92.4 Å². The minimum atomic E-state index is -0.902. The van der Waals surface area contributed by atoms with E-state index in [1.165, 1.54) is 24.3 Å². The quantitative estimate of drug-likeness (QED) is 0.0600. The van der Waals surface area contributed by atoms with E-state index in [1.807, 2.05) is 97.1 Å². The van der Waals surface area contributed by atoms with Gasteiger partial charge in [0.2, 0.25) is 0 Å². The van der Waals surface area contributed by atoms with E-state index in [0.29, 0.717) is 66.8 Å². The number of hydrogen-bond acceptors (Lipinski definition) is 8. The maximum atomic E-state index is 12.2. The van der Waals surface area contributed by atoms with Crippen molar-refractivity contribution in [2.75, 3.05) is 0 Å². The normalized spacial score (nSPS) is 16.4. The minimum Gasteiger partial charge on any atom is -0.507 e. The lowest BCUT2D eigenvalue weighted by Gasteiger charge is -2.30. The van der Waals surface area contributed by atoms with Crippen molar-refractivity contribution in [1.82, 2.24) is 0 Å². The molecule has 368 valence electrons. The summed E-state index contributed by atoms with van der Waals surface area (Å²) in [4.78, 5) is 0. The number of fused-ring (bicyclic) bond motifs is 8. The van der Waals surface area contributed by atoms with Crippen molar-refractivity contribution in [3.05, 3.63) is 235 Å². The summed E-state index contributed by atoms with van der Waals surface area (Å²) in [7, 11) is 0. The Hall–Kier alpha value is -7.84. The molecule has 1 aliphatic carbocycles. The van der Waals surface area contributed by atoms with Crippen molar-refractivity contribution in [1.29, 1.82) is 0 Å². The third-order valence-electron chi connectivity index (χ3n) is 14.6. The van der Waals surface area contributed by atoms with Crippen LogP contribution in [0.5, 0.6) is 46.0 Å². The highest BCUT2D eigenvalue weighted by molar-refractivity contribution is 5.67. The summed E-state index contributed by atoms with van der Waals surface area (Å²) in [5.41, 5.74) is 9.86. The van der Waals surface area contributed by atoms with Crippen LogP contribution in [-0.2, 0) is 25.7 Å². The van der Waals surface area contributed by atoms with Crippen LogP contribution in [0.25, 0.3) is 0 Å². The zero-order chi connectivity index (χ0) is 50.8. The van der Waals surface area contributed by atoms with Crippen LogP contribution < -0.4 is 0 Å². The summed E-state index contributed by atoms with van der Waals surface area (Å²) < 4.78 is 0. The number of aryl methyl sites for hydroxylation is 4. The summed E-state index contributed by atoms with van der Waals surface area (Å²) in [6, 6.07) is 44.0. The maximum absolute atomic E-state index is 12.2. The van der Waals surface area contributed by atoms with Crippen LogP contribution >= 0.6 is 0 Å². The van der Waals surface area contributed by atoms with Gasteiger partial charge in [-0.3, -0.25) is 0 Å². The minimum absolute atomic E-state index is 0.253. The van der Waals surface area contributed by atoms with Gasteiger partial charge in [0.1, 0.15) is 46.0 Å². The number of rotatable bonds is 12. The fourth-order valence-corrected chi connectivity index (χ4v) is 11.1. The predicted molar refractivity (Wildman–Crippen MR) is 285 cm³/mol. The molecule has 8 N–H and O–H groups in total. The first-order chi connectivity index (χ1) is 34.8. The Morgan fingerprint density at radius 2 is 0.389 bits per heavy atom. The van der Waals surface area contributed by atoms with E-state index in [1.54, 1.807) is 24.3 Å². The SMILES string of the molecule is CCCc1ccc(C2c3cc(c(O)cc3O)C(c3ccc(CCC)cc3)c3cc(c(O)cc3O)C(c3ccc(CCC)cc3)c3cc(c(O)cc3O)C(c3ccc(CCC)cc3)c3cc2c(O)cc3O)cc1. The Morgan fingerprint density at radius 3 is 0.528 bits per heavy atom. The molecular weight excluding hydrogens is 897 g/mol. The van der Waals surface area contributed by atoms with Crippen LogP contribution in [0, 0.1) is 0 Å². The molecule has 8 heteroatoms. The largest absolute Gasteiger partial charge is 0.507 e. The van der Waals surface area contributed by atoms with Crippen molar-refractivity contribution < 1.29 is 40.9 Å². The van der Waals surface area contributed by atoms with Gasteiger partial charge < -0.3 is 40.9 Å². The molecule has 0 aromatic heterocycles. The molecule has 0 amide bonds. The third kappa shape index (κ3) is 9.53. The topological polar surface area (TPSA) is 162 Å². The molecule has 8 aromatic rings. The Morgan fingerprint density at radius 1 is 0.236 bits per heavy atom. The maximum Gasteiger partial charge on any atom is 0.123 e. The molecule has 0 heterocycles.